The van der Waals surface area contributed by atoms with Gasteiger partial charge in [-0.2, -0.15) is 0 Å². The molecule has 218 valence electrons. The van der Waals surface area contributed by atoms with Gasteiger partial charge in [-0.25, -0.2) is 4.79 Å². The van der Waals surface area contributed by atoms with E-state index in [1.165, 1.54) is 11.9 Å². The maximum absolute atomic E-state index is 13.7. The molecular weight excluding hydrogens is 534 g/mol. The van der Waals surface area contributed by atoms with E-state index >= 15 is 0 Å². The number of hydrogen-bond acceptors (Lipinski definition) is 5. The molecular formula is C33H35N3O6. The highest BCUT2D eigenvalue weighted by Crippen LogP contribution is 2.44. The third-order valence-corrected chi connectivity index (χ3v) is 8.08. The summed E-state index contributed by atoms with van der Waals surface area (Å²) in [5.74, 6) is -2.38. The molecule has 2 N–H and O–H groups in total. The van der Waals surface area contributed by atoms with E-state index < -0.39 is 42.4 Å². The predicted molar refractivity (Wildman–Crippen MR) is 157 cm³/mol. The molecule has 0 radical (unpaired) electrons. The SMILES string of the molecule is CN(C(=O)OCC1c2ccccc2-c2ccccc21)C(Cc1ccccc1)C(=O)N[C@@H](CC(=O)O)C(=O)N1CCCC1. The Kier molecular flexibility index (Phi) is 8.85. The largest absolute Gasteiger partial charge is 0.481 e. The Labute approximate surface area is 245 Å². The number of rotatable bonds is 10. The number of likely N-dealkylation sites (N-methyl/N-ethyl adjacent to an activating group) is 1. The molecule has 1 heterocycles. The van der Waals surface area contributed by atoms with Crippen LogP contribution in [0.4, 0.5) is 4.79 Å². The first-order chi connectivity index (χ1) is 20.3. The van der Waals surface area contributed by atoms with Gasteiger partial charge >= 0.3 is 12.1 Å². The summed E-state index contributed by atoms with van der Waals surface area (Å²) in [5.41, 5.74) is 5.16. The molecule has 2 aliphatic rings. The number of aliphatic carboxylic acids is 1. The number of likely N-dealkylation sites (tertiary alicyclic amines) is 1. The van der Waals surface area contributed by atoms with E-state index in [1.54, 1.807) is 4.90 Å². The fraction of sp³-hybridized carbons (Fsp3) is 0.333. The molecule has 42 heavy (non-hydrogen) atoms. The van der Waals surface area contributed by atoms with Gasteiger partial charge in [0.2, 0.25) is 11.8 Å². The van der Waals surface area contributed by atoms with Crippen LogP contribution in [0.25, 0.3) is 11.1 Å². The van der Waals surface area contributed by atoms with Crippen molar-refractivity contribution in [1.82, 2.24) is 15.1 Å². The fourth-order valence-corrected chi connectivity index (χ4v) is 5.87. The minimum atomic E-state index is -1.23. The van der Waals surface area contributed by atoms with E-state index in [9.17, 15) is 24.3 Å². The summed E-state index contributed by atoms with van der Waals surface area (Å²) in [5, 5.41) is 12.1. The molecule has 3 amide bonds. The molecule has 0 bridgehead atoms. The van der Waals surface area contributed by atoms with Crippen molar-refractivity contribution in [2.75, 3.05) is 26.7 Å². The lowest BCUT2D eigenvalue weighted by Crippen LogP contribution is -2.55. The summed E-state index contributed by atoms with van der Waals surface area (Å²) in [6.45, 7) is 1.14. The Bertz CT molecular complexity index is 1410. The lowest BCUT2D eigenvalue weighted by atomic mass is 9.98. The van der Waals surface area contributed by atoms with Gasteiger partial charge in [-0.3, -0.25) is 19.3 Å². The molecule has 0 aromatic heterocycles. The molecule has 1 fully saturated rings. The second-order valence-electron chi connectivity index (χ2n) is 10.8. The minimum absolute atomic E-state index is 0.0892. The monoisotopic (exact) mass is 569 g/mol. The average molecular weight is 570 g/mol. The number of carboxylic acid groups (broad SMARTS) is 1. The van der Waals surface area contributed by atoms with Crippen LogP contribution in [0.15, 0.2) is 78.9 Å². The van der Waals surface area contributed by atoms with Gasteiger partial charge in [0.25, 0.3) is 0 Å². The molecule has 3 aromatic rings. The van der Waals surface area contributed by atoms with Gasteiger partial charge in [-0.05, 0) is 40.7 Å². The van der Waals surface area contributed by atoms with Crippen LogP contribution >= 0.6 is 0 Å². The molecule has 1 aliphatic carbocycles. The molecule has 5 rings (SSSR count). The molecule has 9 heteroatoms. The zero-order valence-corrected chi connectivity index (χ0v) is 23.6. The summed E-state index contributed by atoms with van der Waals surface area (Å²) >= 11 is 0. The van der Waals surface area contributed by atoms with Crippen molar-refractivity contribution in [2.45, 2.75) is 43.7 Å². The summed E-state index contributed by atoms with van der Waals surface area (Å²) in [6, 6.07) is 23.0. The van der Waals surface area contributed by atoms with Gasteiger partial charge in [0.1, 0.15) is 18.7 Å². The number of nitrogens with one attached hydrogen (secondary N) is 1. The lowest BCUT2D eigenvalue weighted by molar-refractivity contribution is -0.143. The van der Waals surface area contributed by atoms with Crippen LogP contribution in [0.1, 0.15) is 41.9 Å². The van der Waals surface area contributed by atoms with Crippen molar-refractivity contribution in [1.29, 1.82) is 0 Å². The topological polar surface area (TPSA) is 116 Å². The number of benzene rings is 3. The van der Waals surface area contributed by atoms with Crippen molar-refractivity contribution in [3.63, 3.8) is 0 Å². The molecule has 0 saturated carbocycles. The van der Waals surface area contributed by atoms with E-state index in [2.05, 4.69) is 17.4 Å². The smallest absolute Gasteiger partial charge is 0.410 e. The number of fused-ring (bicyclic) bond motifs is 3. The van der Waals surface area contributed by atoms with Crippen molar-refractivity contribution >= 4 is 23.9 Å². The summed E-state index contributed by atoms with van der Waals surface area (Å²) < 4.78 is 5.81. The Morgan fingerprint density at radius 3 is 2.07 bits per heavy atom. The van der Waals surface area contributed by atoms with E-state index in [1.807, 2.05) is 66.7 Å². The zero-order valence-electron chi connectivity index (χ0n) is 23.6. The lowest BCUT2D eigenvalue weighted by Gasteiger charge is -2.30. The highest BCUT2D eigenvalue weighted by Gasteiger charge is 2.35. The third-order valence-electron chi connectivity index (χ3n) is 8.08. The van der Waals surface area contributed by atoms with Crippen LogP contribution in [0.3, 0.4) is 0 Å². The quantitative estimate of drug-likeness (QED) is 0.381. The molecule has 0 spiro atoms. The number of amides is 3. The van der Waals surface area contributed by atoms with Crippen molar-refractivity contribution in [3.05, 3.63) is 95.6 Å². The molecule has 1 saturated heterocycles. The zero-order chi connectivity index (χ0) is 29.6. The van der Waals surface area contributed by atoms with Gasteiger partial charge in [-0.1, -0.05) is 78.9 Å². The molecule has 9 nitrogen and oxygen atoms in total. The predicted octanol–water partition coefficient (Wildman–Crippen LogP) is 4.06. The van der Waals surface area contributed by atoms with Crippen LogP contribution in [0.2, 0.25) is 0 Å². The van der Waals surface area contributed by atoms with Crippen LogP contribution in [0.5, 0.6) is 0 Å². The van der Waals surface area contributed by atoms with E-state index in [-0.39, 0.29) is 18.9 Å². The van der Waals surface area contributed by atoms with Crippen molar-refractivity contribution in [2.24, 2.45) is 0 Å². The van der Waals surface area contributed by atoms with Crippen molar-refractivity contribution in [3.8, 4) is 11.1 Å². The van der Waals surface area contributed by atoms with Crippen LogP contribution in [-0.4, -0.2) is 77.6 Å². The molecule has 3 aromatic carbocycles. The van der Waals surface area contributed by atoms with Gasteiger partial charge in [0.15, 0.2) is 0 Å². The number of carboxylic acids is 1. The summed E-state index contributed by atoms with van der Waals surface area (Å²) in [7, 11) is 1.49. The number of nitrogens with zero attached hydrogens (tertiary/aromatic N) is 2. The second-order valence-corrected chi connectivity index (χ2v) is 10.8. The standard InChI is InChI=1S/C33H35N3O6/c1-35(33(41)42-21-27-25-15-7-5-13-23(25)24-14-6-8-16-26(24)27)29(19-22-11-3-2-4-12-22)31(39)34-28(20-30(37)38)32(40)36-17-9-10-18-36/h2-8,11-16,27-29H,9-10,17-21H2,1H3,(H,34,39)(H,37,38)/t28-,29?/m0/s1. The Hall–Kier alpha value is -4.66. The number of carbonyl (C=O) groups excluding carboxylic acids is 3. The summed E-state index contributed by atoms with van der Waals surface area (Å²) in [4.78, 5) is 54.6. The number of ether oxygens (including phenoxy) is 1. The normalized spacial score (nSPS) is 15.3. The maximum atomic E-state index is 13.7. The van der Waals surface area contributed by atoms with Gasteiger partial charge in [0, 0.05) is 32.5 Å². The average Bonchev–Trinajstić information content (AvgIpc) is 3.65. The van der Waals surface area contributed by atoms with Crippen LogP contribution in [-0.2, 0) is 25.5 Å². The summed E-state index contributed by atoms with van der Waals surface area (Å²) in [6.07, 6.45) is 0.591. The molecule has 2 atom stereocenters. The highest BCUT2D eigenvalue weighted by molar-refractivity contribution is 5.93. The number of carbonyl (C=O) groups is 4. The molecule has 1 aliphatic heterocycles. The van der Waals surface area contributed by atoms with E-state index in [0.29, 0.717) is 13.1 Å². The second kappa shape index (κ2) is 12.9. The van der Waals surface area contributed by atoms with Crippen LogP contribution < -0.4 is 5.32 Å². The van der Waals surface area contributed by atoms with Gasteiger partial charge < -0.3 is 20.1 Å². The first-order valence-corrected chi connectivity index (χ1v) is 14.3. The maximum Gasteiger partial charge on any atom is 0.410 e. The Morgan fingerprint density at radius 1 is 0.905 bits per heavy atom. The minimum Gasteiger partial charge on any atom is -0.481 e. The van der Waals surface area contributed by atoms with Crippen LogP contribution in [0, 0.1) is 0 Å². The van der Waals surface area contributed by atoms with Gasteiger partial charge in [-0.15, -0.1) is 0 Å². The highest BCUT2D eigenvalue weighted by atomic mass is 16.6. The fourth-order valence-electron chi connectivity index (χ4n) is 5.87. The molecule has 1 unspecified atom stereocenters. The third kappa shape index (κ3) is 6.30. The van der Waals surface area contributed by atoms with E-state index in [0.717, 1.165) is 40.7 Å². The Morgan fingerprint density at radius 2 is 1.48 bits per heavy atom. The Balaban J connectivity index is 1.33. The first kappa shape index (κ1) is 28.9. The van der Waals surface area contributed by atoms with E-state index in [4.69, 9.17) is 4.74 Å². The van der Waals surface area contributed by atoms with Crippen molar-refractivity contribution < 1.29 is 29.0 Å². The van der Waals surface area contributed by atoms with Gasteiger partial charge in [0.05, 0.1) is 6.42 Å². The number of hydrogen-bond donors (Lipinski definition) is 2. The first-order valence-electron chi connectivity index (χ1n) is 14.3.